The van der Waals surface area contributed by atoms with Crippen LogP contribution in [0.1, 0.15) is 85.5 Å². The van der Waals surface area contributed by atoms with Crippen LogP contribution in [0.4, 0.5) is 0 Å². The summed E-state index contributed by atoms with van der Waals surface area (Å²) in [4.78, 5) is 0. The van der Waals surface area contributed by atoms with Gasteiger partial charge in [-0.3, -0.25) is 0 Å². The number of aliphatic hydroxyl groups excluding tert-OH is 2. The predicted octanol–water partition coefficient (Wildman–Crippen LogP) is 5.87. The van der Waals surface area contributed by atoms with Gasteiger partial charge >= 0.3 is 0 Å². The Bertz CT molecular complexity index is 753. The largest absolute Gasteiger partial charge is 0.390 e. The summed E-state index contributed by atoms with van der Waals surface area (Å²) in [6.45, 7) is 16.6. The lowest BCUT2D eigenvalue weighted by Crippen LogP contribution is -2.36. The van der Waals surface area contributed by atoms with Gasteiger partial charge in [0.1, 0.15) is 6.10 Å². The standard InChI is InChI=1S/C28H44O3/c1-18(9-7-15-27(4,5)31)23-13-14-24-21(10-8-16-28(23,24)6)11-12-22-17-25(29)20(3)26(30)19(22)2/h11-12,18,23-26,29-31H,2-3,7-10,13-17H2,1,4-6H3/b21-11+,22-12-/t18-,23?,24-,25+,26+,28+/m0/s1. The van der Waals surface area contributed by atoms with Gasteiger partial charge in [-0.2, -0.15) is 0 Å². The summed E-state index contributed by atoms with van der Waals surface area (Å²) in [5.41, 5.74) is 3.41. The van der Waals surface area contributed by atoms with Crippen molar-refractivity contribution in [1.82, 2.24) is 0 Å². The smallest absolute Gasteiger partial charge is 0.102 e. The summed E-state index contributed by atoms with van der Waals surface area (Å²) in [7, 11) is 0. The maximum Gasteiger partial charge on any atom is 0.102 e. The van der Waals surface area contributed by atoms with Crippen molar-refractivity contribution in [2.24, 2.45) is 23.2 Å². The van der Waals surface area contributed by atoms with Crippen molar-refractivity contribution in [1.29, 1.82) is 0 Å². The molecule has 0 aromatic rings. The highest BCUT2D eigenvalue weighted by atomic mass is 16.3. The van der Waals surface area contributed by atoms with Crippen molar-refractivity contribution in [2.75, 3.05) is 0 Å². The molecule has 0 amide bonds. The van der Waals surface area contributed by atoms with E-state index in [2.05, 4.69) is 39.2 Å². The first-order valence-electron chi connectivity index (χ1n) is 12.3. The Morgan fingerprint density at radius 3 is 2.58 bits per heavy atom. The number of allylic oxidation sites excluding steroid dienone is 3. The van der Waals surface area contributed by atoms with Gasteiger partial charge in [0.15, 0.2) is 0 Å². The minimum absolute atomic E-state index is 0.355. The summed E-state index contributed by atoms with van der Waals surface area (Å²) in [5, 5.41) is 30.5. The molecular weight excluding hydrogens is 384 g/mol. The lowest BCUT2D eigenvalue weighted by molar-refractivity contribution is 0.0596. The molecule has 1 unspecified atom stereocenters. The number of hydrogen-bond acceptors (Lipinski definition) is 3. The van der Waals surface area contributed by atoms with Gasteiger partial charge in [0.05, 0.1) is 11.7 Å². The van der Waals surface area contributed by atoms with E-state index in [1.54, 1.807) is 0 Å². The predicted molar refractivity (Wildman–Crippen MR) is 129 cm³/mol. The van der Waals surface area contributed by atoms with Gasteiger partial charge < -0.3 is 15.3 Å². The molecular formula is C28H44O3. The molecule has 0 aliphatic heterocycles. The van der Waals surface area contributed by atoms with Gasteiger partial charge in [-0.1, -0.05) is 57.6 Å². The van der Waals surface area contributed by atoms with Crippen LogP contribution >= 0.6 is 0 Å². The molecule has 0 saturated heterocycles. The van der Waals surface area contributed by atoms with Crippen LogP contribution in [-0.4, -0.2) is 33.1 Å². The highest BCUT2D eigenvalue weighted by molar-refractivity contribution is 5.45. The third kappa shape index (κ3) is 5.26. The molecule has 3 heteroatoms. The minimum Gasteiger partial charge on any atom is -0.390 e. The van der Waals surface area contributed by atoms with Gasteiger partial charge in [-0.15, -0.1) is 0 Å². The van der Waals surface area contributed by atoms with Crippen molar-refractivity contribution in [3.63, 3.8) is 0 Å². The average molecular weight is 429 g/mol. The quantitative estimate of drug-likeness (QED) is 0.464. The first-order chi connectivity index (χ1) is 14.4. The topological polar surface area (TPSA) is 60.7 Å². The van der Waals surface area contributed by atoms with Gasteiger partial charge in [0, 0.05) is 6.42 Å². The number of aliphatic hydroxyl groups is 3. The summed E-state index contributed by atoms with van der Waals surface area (Å²) < 4.78 is 0. The second-order valence-electron chi connectivity index (χ2n) is 11.4. The van der Waals surface area contributed by atoms with Crippen LogP contribution in [0.25, 0.3) is 0 Å². The Hall–Kier alpha value is -1.16. The molecule has 31 heavy (non-hydrogen) atoms. The summed E-state index contributed by atoms with van der Waals surface area (Å²) >= 11 is 0. The Morgan fingerprint density at radius 1 is 1.19 bits per heavy atom. The van der Waals surface area contributed by atoms with Crippen LogP contribution in [0.3, 0.4) is 0 Å². The van der Waals surface area contributed by atoms with Gasteiger partial charge in [0.2, 0.25) is 0 Å². The molecule has 3 nitrogen and oxygen atoms in total. The van der Waals surface area contributed by atoms with E-state index >= 15 is 0 Å². The fourth-order valence-corrected chi connectivity index (χ4v) is 6.71. The van der Waals surface area contributed by atoms with Crippen molar-refractivity contribution in [3.05, 3.63) is 47.6 Å². The van der Waals surface area contributed by atoms with Crippen LogP contribution in [0.15, 0.2) is 47.6 Å². The van der Waals surface area contributed by atoms with Gasteiger partial charge in [-0.05, 0) is 92.3 Å². The molecule has 0 aromatic heterocycles. The molecule has 6 atom stereocenters. The minimum atomic E-state index is -0.842. The zero-order valence-corrected chi connectivity index (χ0v) is 20.2. The van der Waals surface area contributed by atoms with E-state index in [1.807, 2.05) is 13.8 Å². The third-order valence-corrected chi connectivity index (χ3v) is 8.61. The fourth-order valence-electron chi connectivity index (χ4n) is 6.71. The van der Waals surface area contributed by atoms with E-state index in [9.17, 15) is 15.3 Å². The zero-order valence-electron chi connectivity index (χ0n) is 20.2. The molecule has 0 bridgehead atoms. The molecule has 0 radical (unpaired) electrons. The van der Waals surface area contributed by atoms with Crippen molar-refractivity contribution in [3.8, 4) is 0 Å². The van der Waals surface area contributed by atoms with E-state index in [0.717, 1.165) is 30.8 Å². The number of hydrogen-bond donors (Lipinski definition) is 3. The van der Waals surface area contributed by atoms with Crippen LogP contribution in [0.2, 0.25) is 0 Å². The highest BCUT2D eigenvalue weighted by Crippen LogP contribution is 2.60. The number of rotatable bonds is 6. The van der Waals surface area contributed by atoms with Crippen LogP contribution in [-0.2, 0) is 0 Å². The number of fused-ring (bicyclic) bond motifs is 1. The molecule has 3 aliphatic carbocycles. The van der Waals surface area contributed by atoms with E-state index in [0.29, 0.717) is 34.8 Å². The lowest BCUT2D eigenvalue weighted by Gasteiger charge is -2.44. The molecule has 3 fully saturated rings. The Balaban J connectivity index is 1.72. The first kappa shape index (κ1) is 24.5. The normalized spacial score (nSPS) is 38.0. The average Bonchev–Trinajstić information content (AvgIpc) is 3.04. The molecule has 0 heterocycles. The van der Waals surface area contributed by atoms with E-state index in [1.165, 1.54) is 37.7 Å². The monoisotopic (exact) mass is 428 g/mol. The lowest BCUT2D eigenvalue weighted by atomic mass is 9.60. The maximum atomic E-state index is 10.3. The van der Waals surface area contributed by atoms with E-state index in [4.69, 9.17) is 0 Å². The fraction of sp³-hybridized carbons (Fsp3) is 0.714. The first-order valence-corrected chi connectivity index (χ1v) is 12.3. The maximum absolute atomic E-state index is 10.3. The molecule has 3 aliphatic rings. The summed E-state index contributed by atoms with van der Waals surface area (Å²) in [6.07, 6.45) is 12.7. The molecule has 3 rings (SSSR count). The molecule has 3 saturated carbocycles. The van der Waals surface area contributed by atoms with E-state index in [-0.39, 0.29) is 0 Å². The van der Waals surface area contributed by atoms with Crippen molar-refractivity contribution >= 4 is 0 Å². The van der Waals surface area contributed by atoms with Crippen molar-refractivity contribution in [2.45, 2.75) is 103 Å². The second-order valence-corrected chi connectivity index (χ2v) is 11.4. The summed E-state index contributed by atoms with van der Waals surface area (Å²) in [6, 6.07) is 0. The van der Waals surface area contributed by atoms with Gasteiger partial charge in [-0.25, -0.2) is 0 Å². The van der Waals surface area contributed by atoms with Crippen LogP contribution in [0.5, 0.6) is 0 Å². The molecule has 174 valence electrons. The van der Waals surface area contributed by atoms with Gasteiger partial charge in [0.25, 0.3) is 0 Å². The Morgan fingerprint density at radius 2 is 1.90 bits per heavy atom. The van der Waals surface area contributed by atoms with Crippen molar-refractivity contribution < 1.29 is 15.3 Å². The van der Waals surface area contributed by atoms with Crippen LogP contribution < -0.4 is 0 Å². The second kappa shape index (κ2) is 9.37. The zero-order chi connectivity index (χ0) is 23.0. The Kier molecular flexibility index (Phi) is 7.40. The summed E-state index contributed by atoms with van der Waals surface area (Å²) in [5.74, 6) is 2.05. The molecule has 0 aromatic carbocycles. The van der Waals surface area contributed by atoms with E-state index < -0.39 is 17.8 Å². The highest BCUT2D eigenvalue weighted by Gasteiger charge is 2.50. The SMILES string of the molecule is C=C1/C(=C\C=C2/CCC[C@]3(C)C([C@@H](C)CCCC(C)(C)O)CC[C@@H]23)C[C@@H](O)C(=C)[C@@H]1O. The Labute approximate surface area is 189 Å². The third-order valence-electron chi connectivity index (χ3n) is 8.61. The molecule has 3 N–H and O–H groups in total. The molecule has 0 spiro atoms. The van der Waals surface area contributed by atoms with Crippen LogP contribution in [0, 0.1) is 23.2 Å².